The molecule has 0 radical (unpaired) electrons. The molecule has 1 atom stereocenters. The van der Waals surface area contributed by atoms with Gasteiger partial charge in [-0.1, -0.05) is 12.1 Å². The number of hydrogen-bond donors (Lipinski definition) is 0. The first kappa shape index (κ1) is 7.51. The van der Waals surface area contributed by atoms with Crippen molar-refractivity contribution in [1.82, 2.24) is 0 Å². The lowest BCUT2D eigenvalue weighted by Gasteiger charge is -2.06. The minimum atomic E-state index is -2.58. The molecular formula is C15H20O3. The van der Waals surface area contributed by atoms with E-state index < -0.39 is 19.2 Å². The molecule has 1 aromatic rings. The van der Waals surface area contributed by atoms with Crippen molar-refractivity contribution in [2.24, 2.45) is 5.92 Å². The average molecular weight is 253 g/mol. The normalized spacial score (nSPS) is 33.7. The molecule has 0 N–H and O–H groups in total. The SMILES string of the molecule is [2H]C([2H])(Oc1ccc(CCOCC2CC2)cc1)C1([2H])OC1([2H])[2H]. The summed E-state index contributed by atoms with van der Waals surface area (Å²) in [5.74, 6) is 0.978. The molecule has 2 aliphatic rings. The Morgan fingerprint density at radius 1 is 1.39 bits per heavy atom. The van der Waals surface area contributed by atoms with Crippen LogP contribution in [-0.4, -0.2) is 32.4 Å². The van der Waals surface area contributed by atoms with E-state index in [4.69, 9.17) is 16.3 Å². The maximum atomic E-state index is 7.74. The summed E-state index contributed by atoms with van der Waals surface area (Å²) >= 11 is 0. The lowest BCUT2D eigenvalue weighted by Crippen LogP contribution is -2.04. The summed E-state index contributed by atoms with van der Waals surface area (Å²) in [4.78, 5) is 0. The van der Waals surface area contributed by atoms with Gasteiger partial charge in [-0.15, -0.1) is 0 Å². The number of epoxide rings is 1. The maximum absolute atomic E-state index is 7.74. The highest BCUT2D eigenvalue weighted by atomic mass is 16.6. The third-order valence-electron chi connectivity index (χ3n) is 2.97. The minimum absolute atomic E-state index is 0.232. The summed E-state index contributed by atoms with van der Waals surface area (Å²) in [6.07, 6.45) is 0.976. The van der Waals surface area contributed by atoms with Gasteiger partial charge in [-0.3, -0.25) is 0 Å². The summed E-state index contributed by atoms with van der Waals surface area (Å²) in [6, 6.07) is 6.83. The van der Waals surface area contributed by atoms with Gasteiger partial charge in [0.1, 0.15) is 18.4 Å². The van der Waals surface area contributed by atoms with Crippen molar-refractivity contribution in [3.8, 4) is 5.75 Å². The van der Waals surface area contributed by atoms with Crippen molar-refractivity contribution < 1.29 is 21.1 Å². The fourth-order valence-electron chi connectivity index (χ4n) is 1.62. The number of rotatable bonds is 8. The van der Waals surface area contributed by atoms with Crippen LogP contribution in [0.2, 0.25) is 0 Å². The largest absolute Gasteiger partial charge is 0.491 e. The Hall–Kier alpha value is -1.06. The van der Waals surface area contributed by atoms with Crippen molar-refractivity contribution >= 4 is 0 Å². The fraction of sp³-hybridized carbons (Fsp3) is 0.600. The summed E-state index contributed by atoms with van der Waals surface area (Å²) < 4.78 is 53.0. The molecule has 2 fully saturated rings. The fourth-order valence-corrected chi connectivity index (χ4v) is 1.62. The van der Waals surface area contributed by atoms with Gasteiger partial charge in [-0.25, -0.2) is 0 Å². The van der Waals surface area contributed by atoms with Crippen molar-refractivity contribution in [2.75, 3.05) is 26.3 Å². The molecule has 1 saturated heterocycles. The van der Waals surface area contributed by atoms with Crippen LogP contribution in [-0.2, 0) is 15.9 Å². The Kier molecular flexibility index (Phi) is 2.39. The van der Waals surface area contributed by atoms with Crippen LogP contribution in [0, 0.1) is 5.92 Å². The van der Waals surface area contributed by atoms with E-state index >= 15 is 0 Å². The smallest absolute Gasteiger partial charge is 0.119 e. The van der Waals surface area contributed by atoms with Crippen LogP contribution < -0.4 is 4.74 Å². The van der Waals surface area contributed by atoms with Gasteiger partial charge in [0.2, 0.25) is 0 Å². The molecule has 3 rings (SSSR count). The highest BCUT2D eigenvalue weighted by molar-refractivity contribution is 5.27. The van der Waals surface area contributed by atoms with E-state index in [-0.39, 0.29) is 5.75 Å². The predicted molar refractivity (Wildman–Crippen MR) is 68.9 cm³/mol. The van der Waals surface area contributed by atoms with Crippen molar-refractivity contribution in [1.29, 1.82) is 0 Å². The van der Waals surface area contributed by atoms with Gasteiger partial charge < -0.3 is 14.2 Å². The molecule has 1 saturated carbocycles. The molecule has 1 unspecified atom stereocenters. The number of ether oxygens (including phenoxy) is 3. The van der Waals surface area contributed by atoms with Crippen molar-refractivity contribution in [2.45, 2.75) is 25.3 Å². The molecule has 1 aliphatic heterocycles. The summed E-state index contributed by atoms with van der Waals surface area (Å²) in [6.45, 7) is -3.43. The molecule has 0 bridgehead atoms. The molecule has 98 valence electrons. The van der Waals surface area contributed by atoms with Crippen LogP contribution in [0.25, 0.3) is 0 Å². The highest BCUT2D eigenvalue weighted by Crippen LogP contribution is 2.28. The Morgan fingerprint density at radius 3 is 2.83 bits per heavy atom. The van der Waals surface area contributed by atoms with Crippen LogP contribution >= 0.6 is 0 Å². The second-order valence-electron chi connectivity index (χ2n) is 4.65. The minimum Gasteiger partial charge on any atom is -0.491 e. The van der Waals surface area contributed by atoms with Gasteiger partial charge in [0, 0.05) is 6.61 Å². The molecule has 3 heteroatoms. The first-order valence-electron chi connectivity index (χ1n) is 8.79. The van der Waals surface area contributed by atoms with Crippen molar-refractivity contribution in [3.05, 3.63) is 29.8 Å². The molecular weight excluding hydrogens is 228 g/mol. The standard InChI is InChI=1S/C15H20O3/c1-2-13(1)9-16-8-7-12-3-5-14(6-4-12)17-10-15-11-18-15/h3-6,13,15H,1-2,7-11H2/i10D2,11D2,15D. The summed E-state index contributed by atoms with van der Waals surface area (Å²) in [5.41, 5.74) is 1.05. The van der Waals surface area contributed by atoms with Gasteiger partial charge in [0.05, 0.1) is 20.0 Å². The first-order chi connectivity index (χ1) is 10.7. The highest BCUT2D eigenvalue weighted by Gasteiger charge is 2.23. The third-order valence-corrected chi connectivity index (χ3v) is 2.97. The van der Waals surface area contributed by atoms with Crippen LogP contribution in [0.1, 0.15) is 25.3 Å². The monoisotopic (exact) mass is 253 g/mol. The second-order valence-corrected chi connectivity index (χ2v) is 4.65. The van der Waals surface area contributed by atoms with Crippen molar-refractivity contribution in [3.63, 3.8) is 0 Å². The van der Waals surface area contributed by atoms with E-state index in [1.165, 1.54) is 12.8 Å². The van der Waals surface area contributed by atoms with Gasteiger partial charge in [0.25, 0.3) is 0 Å². The molecule has 3 nitrogen and oxygen atoms in total. The van der Waals surface area contributed by atoms with Crippen LogP contribution in [0.5, 0.6) is 5.75 Å². The zero-order chi connectivity index (χ0) is 16.7. The third kappa shape index (κ3) is 4.00. The van der Waals surface area contributed by atoms with Gasteiger partial charge in [0.15, 0.2) is 0 Å². The Bertz CT molecular complexity index is 559. The zero-order valence-electron chi connectivity index (χ0n) is 15.1. The van der Waals surface area contributed by atoms with Gasteiger partial charge in [-0.05, 0) is 42.9 Å². The Balaban J connectivity index is 1.50. The second kappa shape index (κ2) is 5.72. The molecule has 1 aliphatic carbocycles. The number of benzene rings is 1. The molecule has 1 aromatic carbocycles. The van der Waals surface area contributed by atoms with E-state index in [1.54, 1.807) is 12.1 Å². The Morgan fingerprint density at radius 2 is 2.17 bits per heavy atom. The summed E-state index contributed by atoms with van der Waals surface area (Å²) in [5, 5.41) is 0. The molecule has 0 amide bonds. The van der Waals surface area contributed by atoms with E-state index in [2.05, 4.69) is 4.74 Å². The van der Waals surface area contributed by atoms with Crippen LogP contribution in [0.3, 0.4) is 0 Å². The maximum Gasteiger partial charge on any atom is 0.119 e. The first-order valence-corrected chi connectivity index (χ1v) is 6.29. The Labute approximate surface area is 115 Å². The average Bonchev–Trinajstić information content (AvgIpc) is 3.36. The van der Waals surface area contributed by atoms with E-state index in [0.717, 1.165) is 24.5 Å². The molecule has 18 heavy (non-hydrogen) atoms. The molecule has 0 aromatic heterocycles. The lowest BCUT2D eigenvalue weighted by molar-refractivity contribution is 0.127. The van der Waals surface area contributed by atoms with Crippen LogP contribution in [0.4, 0.5) is 0 Å². The number of hydrogen-bond acceptors (Lipinski definition) is 3. The quantitative estimate of drug-likeness (QED) is 0.526. The molecule has 0 spiro atoms. The topological polar surface area (TPSA) is 31.0 Å². The van der Waals surface area contributed by atoms with E-state index in [0.29, 0.717) is 6.61 Å². The van der Waals surface area contributed by atoms with E-state index in [9.17, 15) is 0 Å². The van der Waals surface area contributed by atoms with Gasteiger partial charge in [-0.2, -0.15) is 0 Å². The molecule has 1 heterocycles. The summed E-state index contributed by atoms with van der Waals surface area (Å²) in [7, 11) is 0. The van der Waals surface area contributed by atoms with E-state index in [1.807, 2.05) is 12.1 Å². The predicted octanol–water partition coefficient (Wildman–Crippen LogP) is 2.43. The van der Waals surface area contributed by atoms with Gasteiger partial charge >= 0.3 is 0 Å². The zero-order valence-corrected chi connectivity index (χ0v) is 10.1. The van der Waals surface area contributed by atoms with Crippen LogP contribution in [0.15, 0.2) is 24.3 Å². The lowest BCUT2D eigenvalue weighted by atomic mass is 10.1.